The Morgan fingerprint density at radius 2 is 1.95 bits per heavy atom. The lowest BCUT2D eigenvalue weighted by atomic mass is 10.00. The molecule has 1 saturated carbocycles. The van der Waals surface area contributed by atoms with E-state index in [0.29, 0.717) is 31.1 Å². The first-order valence-electron chi connectivity index (χ1n) is 7.71. The van der Waals surface area contributed by atoms with Gasteiger partial charge in [-0.05, 0) is 43.0 Å². The molecule has 1 saturated heterocycles. The summed E-state index contributed by atoms with van der Waals surface area (Å²) >= 11 is 0. The quantitative estimate of drug-likeness (QED) is 0.895. The highest BCUT2D eigenvalue weighted by atomic mass is 19.1. The lowest BCUT2D eigenvalue weighted by Gasteiger charge is -2.22. The van der Waals surface area contributed by atoms with Crippen molar-refractivity contribution in [3.05, 3.63) is 29.3 Å². The highest BCUT2D eigenvalue weighted by Gasteiger charge is 2.43. The van der Waals surface area contributed by atoms with Crippen molar-refractivity contribution in [2.24, 2.45) is 11.8 Å². The Balaban J connectivity index is 1.80. The zero-order valence-electron chi connectivity index (χ0n) is 12.3. The average Bonchev–Trinajstić information content (AvgIpc) is 2.98. The first kappa shape index (κ1) is 14.7. The fraction of sp³-hybridized carbons (Fsp3) is 0.625. The van der Waals surface area contributed by atoms with Crippen molar-refractivity contribution in [3.63, 3.8) is 0 Å². The molecule has 3 unspecified atom stereocenters. The smallest absolute Gasteiger partial charge is 0.149 e. The van der Waals surface area contributed by atoms with E-state index in [-0.39, 0.29) is 17.7 Å². The lowest BCUT2D eigenvalue weighted by Crippen LogP contribution is -2.26. The largest absolute Gasteiger partial charge is 0.393 e. The van der Waals surface area contributed by atoms with E-state index in [4.69, 9.17) is 0 Å². The topological polar surface area (TPSA) is 35.5 Å². The fourth-order valence-corrected chi connectivity index (χ4v) is 3.71. The summed E-state index contributed by atoms with van der Waals surface area (Å²) in [6.07, 6.45) is 1.44. The van der Waals surface area contributed by atoms with Gasteiger partial charge in [-0.1, -0.05) is 6.92 Å². The summed E-state index contributed by atoms with van der Waals surface area (Å²) in [6, 6.07) is 2.82. The second kappa shape index (κ2) is 5.89. The third-order valence-corrected chi connectivity index (χ3v) is 4.79. The predicted molar refractivity (Wildman–Crippen MR) is 78.2 cm³/mol. The summed E-state index contributed by atoms with van der Waals surface area (Å²) in [5.74, 6) is -0.486. The Bertz CT molecular complexity index is 500. The minimum Gasteiger partial charge on any atom is -0.393 e. The summed E-state index contributed by atoms with van der Waals surface area (Å²) in [7, 11) is 0. The maximum absolute atomic E-state index is 14.3. The van der Waals surface area contributed by atoms with Crippen LogP contribution in [0.15, 0.2) is 12.1 Å². The molecular formula is C16H22F2N2O. The van der Waals surface area contributed by atoms with Crippen LogP contribution in [0, 0.1) is 23.5 Å². The van der Waals surface area contributed by atoms with Gasteiger partial charge in [-0.3, -0.25) is 0 Å². The van der Waals surface area contributed by atoms with Crippen LogP contribution in [0.3, 0.4) is 0 Å². The van der Waals surface area contributed by atoms with Crippen LogP contribution in [0.5, 0.6) is 0 Å². The molecule has 0 bridgehead atoms. The third kappa shape index (κ3) is 2.77. The van der Waals surface area contributed by atoms with E-state index in [0.717, 1.165) is 19.4 Å². The molecule has 1 aliphatic heterocycles. The predicted octanol–water partition coefficient (Wildman–Crippen LogP) is 2.28. The molecule has 3 rings (SSSR count). The Hall–Kier alpha value is -1.20. The molecule has 1 heterocycles. The van der Waals surface area contributed by atoms with Crippen molar-refractivity contribution in [1.82, 2.24) is 5.32 Å². The molecule has 3 atom stereocenters. The summed E-state index contributed by atoms with van der Waals surface area (Å²) in [5.41, 5.74) is 0.687. The zero-order chi connectivity index (χ0) is 15.0. The van der Waals surface area contributed by atoms with Crippen LogP contribution in [0.25, 0.3) is 0 Å². The average molecular weight is 296 g/mol. The molecule has 1 aliphatic carbocycles. The van der Waals surface area contributed by atoms with E-state index in [1.807, 2.05) is 6.92 Å². The molecule has 2 N–H and O–H groups in total. The molecule has 2 aliphatic rings. The number of nitrogens with zero attached hydrogens (tertiary/aromatic N) is 1. The third-order valence-electron chi connectivity index (χ3n) is 4.79. The van der Waals surface area contributed by atoms with E-state index in [2.05, 4.69) is 5.32 Å². The number of benzene rings is 1. The van der Waals surface area contributed by atoms with Gasteiger partial charge in [0.1, 0.15) is 17.3 Å². The van der Waals surface area contributed by atoms with Crippen LogP contribution in [-0.2, 0) is 6.54 Å². The summed E-state index contributed by atoms with van der Waals surface area (Å²) in [5, 5.41) is 13.0. The number of aliphatic hydroxyl groups is 1. The van der Waals surface area contributed by atoms with Crippen LogP contribution in [-0.4, -0.2) is 30.8 Å². The second-order valence-electron chi connectivity index (χ2n) is 6.16. The van der Waals surface area contributed by atoms with Gasteiger partial charge in [0.05, 0.1) is 6.10 Å². The van der Waals surface area contributed by atoms with Crippen LogP contribution < -0.4 is 10.2 Å². The van der Waals surface area contributed by atoms with Gasteiger partial charge in [0.25, 0.3) is 0 Å². The normalized spacial score (nSPS) is 28.2. The molecule has 0 spiro atoms. The van der Waals surface area contributed by atoms with Gasteiger partial charge in [-0.15, -0.1) is 0 Å². The summed E-state index contributed by atoms with van der Waals surface area (Å²) in [6.45, 7) is 4.37. The number of hydrogen-bond acceptors (Lipinski definition) is 3. The van der Waals surface area contributed by atoms with E-state index < -0.39 is 11.6 Å². The molecule has 21 heavy (non-hydrogen) atoms. The van der Waals surface area contributed by atoms with E-state index in [9.17, 15) is 13.9 Å². The highest BCUT2D eigenvalue weighted by Crippen LogP contribution is 2.41. The Labute approximate surface area is 124 Å². The van der Waals surface area contributed by atoms with Gasteiger partial charge in [0.2, 0.25) is 0 Å². The van der Waals surface area contributed by atoms with Crippen molar-refractivity contribution in [3.8, 4) is 0 Å². The minimum absolute atomic E-state index is 0.0665. The minimum atomic E-state index is -0.502. The molecule has 5 heteroatoms. The molecule has 0 radical (unpaired) electrons. The number of hydrogen-bond donors (Lipinski definition) is 2. The molecule has 2 fully saturated rings. The Morgan fingerprint density at radius 3 is 2.57 bits per heavy atom. The van der Waals surface area contributed by atoms with Gasteiger partial charge in [0, 0.05) is 25.6 Å². The van der Waals surface area contributed by atoms with Crippen LogP contribution in [0.4, 0.5) is 14.5 Å². The number of aliphatic hydroxyl groups excluding tert-OH is 1. The van der Waals surface area contributed by atoms with Gasteiger partial charge < -0.3 is 15.3 Å². The monoisotopic (exact) mass is 296 g/mol. The van der Waals surface area contributed by atoms with Crippen molar-refractivity contribution in [1.29, 1.82) is 0 Å². The molecule has 0 aromatic heterocycles. The Kier molecular flexibility index (Phi) is 4.13. The number of halogens is 2. The molecule has 1 aromatic carbocycles. The van der Waals surface area contributed by atoms with Crippen LogP contribution in [0.2, 0.25) is 0 Å². The first-order valence-corrected chi connectivity index (χ1v) is 7.71. The molecule has 0 amide bonds. The van der Waals surface area contributed by atoms with Crippen molar-refractivity contribution in [2.45, 2.75) is 32.4 Å². The SMILES string of the molecule is CCNCc1cc(F)c(N2CC3CCC(O)C3C2)c(F)c1. The molecule has 1 aromatic rings. The number of fused-ring (bicyclic) bond motifs is 1. The van der Waals surface area contributed by atoms with Crippen molar-refractivity contribution in [2.75, 3.05) is 24.5 Å². The number of anilines is 1. The van der Waals surface area contributed by atoms with E-state index in [1.54, 1.807) is 4.90 Å². The van der Waals surface area contributed by atoms with Gasteiger partial charge in [-0.2, -0.15) is 0 Å². The van der Waals surface area contributed by atoms with Crippen LogP contribution >= 0.6 is 0 Å². The van der Waals surface area contributed by atoms with Crippen molar-refractivity contribution < 1.29 is 13.9 Å². The summed E-state index contributed by atoms with van der Waals surface area (Å²) in [4.78, 5) is 1.76. The van der Waals surface area contributed by atoms with E-state index in [1.165, 1.54) is 12.1 Å². The van der Waals surface area contributed by atoms with Gasteiger partial charge in [0.15, 0.2) is 0 Å². The van der Waals surface area contributed by atoms with E-state index >= 15 is 0 Å². The maximum Gasteiger partial charge on any atom is 0.149 e. The molecule has 116 valence electrons. The molecule has 3 nitrogen and oxygen atoms in total. The standard InChI is InChI=1S/C16H22F2N2O/c1-2-19-7-10-5-13(17)16(14(18)6-10)20-8-11-3-4-15(21)12(11)9-20/h5-6,11-12,15,19,21H,2-4,7-9H2,1H3. The van der Waals surface area contributed by atoms with Gasteiger partial charge in [-0.25, -0.2) is 8.78 Å². The summed E-state index contributed by atoms with van der Waals surface area (Å²) < 4.78 is 28.6. The maximum atomic E-state index is 14.3. The highest BCUT2D eigenvalue weighted by molar-refractivity contribution is 5.52. The zero-order valence-corrected chi connectivity index (χ0v) is 12.3. The number of nitrogens with one attached hydrogen (secondary N) is 1. The van der Waals surface area contributed by atoms with Crippen LogP contribution in [0.1, 0.15) is 25.3 Å². The lowest BCUT2D eigenvalue weighted by molar-refractivity contribution is 0.133. The Morgan fingerprint density at radius 1 is 1.24 bits per heavy atom. The second-order valence-corrected chi connectivity index (χ2v) is 6.16. The number of rotatable bonds is 4. The fourth-order valence-electron chi connectivity index (χ4n) is 3.71. The first-order chi connectivity index (χ1) is 10.1. The van der Waals surface area contributed by atoms with Crippen molar-refractivity contribution >= 4 is 5.69 Å². The van der Waals surface area contributed by atoms with Gasteiger partial charge >= 0.3 is 0 Å². The molecular weight excluding hydrogens is 274 g/mol.